The van der Waals surface area contributed by atoms with Gasteiger partial charge in [0.05, 0.1) is 11.4 Å². The van der Waals surface area contributed by atoms with E-state index in [-0.39, 0.29) is 5.28 Å². The third-order valence-corrected chi connectivity index (χ3v) is 3.16. The first-order valence-corrected chi connectivity index (χ1v) is 6.58. The van der Waals surface area contributed by atoms with Crippen molar-refractivity contribution in [3.63, 3.8) is 0 Å². The molecule has 100 valence electrons. The van der Waals surface area contributed by atoms with Crippen molar-refractivity contribution >= 4 is 23.1 Å². The zero-order valence-corrected chi connectivity index (χ0v) is 11.9. The van der Waals surface area contributed by atoms with Crippen molar-refractivity contribution in [3.8, 4) is 0 Å². The third kappa shape index (κ3) is 3.15. The molecule has 0 bridgehead atoms. The van der Waals surface area contributed by atoms with Crippen LogP contribution in [0.2, 0.25) is 5.28 Å². The monoisotopic (exact) mass is 276 g/mol. The van der Waals surface area contributed by atoms with Gasteiger partial charge in [0.2, 0.25) is 5.28 Å². The van der Waals surface area contributed by atoms with Gasteiger partial charge >= 0.3 is 0 Å². The van der Waals surface area contributed by atoms with Crippen LogP contribution in [0.3, 0.4) is 0 Å². The van der Waals surface area contributed by atoms with Crippen LogP contribution in [0.1, 0.15) is 18.2 Å². The number of aromatic nitrogens is 2. The van der Waals surface area contributed by atoms with Crippen molar-refractivity contribution in [2.24, 2.45) is 0 Å². The number of rotatable bonds is 4. The molecule has 0 atom stereocenters. The third-order valence-electron chi connectivity index (χ3n) is 2.99. The van der Waals surface area contributed by atoms with E-state index in [0.29, 0.717) is 17.2 Å². The number of hydrogen-bond donors (Lipinski definition) is 1. The number of benzene rings is 1. The van der Waals surface area contributed by atoms with Crippen LogP contribution in [0, 0.1) is 6.92 Å². The SMILES string of the molecule is CCN(Cc1ccccc1)c1nc(Cl)nc(C)c1N. The average molecular weight is 277 g/mol. The number of hydrogen-bond acceptors (Lipinski definition) is 4. The summed E-state index contributed by atoms with van der Waals surface area (Å²) < 4.78 is 0. The first-order chi connectivity index (χ1) is 9.11. The fraction of sp³-hybridized carbons (Fsp3) is 0.286. The van der Waals surface area contributed by atoms with Crippen molar-refractivity contribution in [1.82, 2.24) is 9.97 Å². The molecule has 0 aliphatic carbocycles. The van der Waals surface area contributed by atoms with E-state index < -0.39 is 0 Å². The first kappa shape index (κ1) is 13.6. The number of aryl methyl sites for hydroxylation is 1. The number of nitrogen functional groups attached to an aromatic ring is 1. The Bertz CT molecular complexity index is 557. The van der Waals surface area contributed by atoms with E-state index in [2.05, 4.69) is 33.9 Å². The van der Waals surface area contributed by atoms with Gasteiger partial charge in [0.1, 0.15) is 0 Å². The molecular formula is C14H17ClN4. The molecule has 0 saturated heterocycles. The van der Waals surface area contributed by atoms with Crippen molar-refractivity contribution in [2.75, 3.05) is 17.2 Å². The van der Waals surface area contributed by atoms with Gasteiger partial charge in [0.15, 0.2) is 5.82 Å². The van der Waals surface area contributed by atoms with Gasteiger partial charge in [0, 0.05) is 13.1 Å². The Morgan fingerprint density at radius 3 is 2.53 bits per heavy atom. The largest absolute Gasteiger partial charge is 0.394 e. The lowest BCUT2D eigenvalue weighted by atomic mass is 10.2. The van der Waals surface area contributed by atoms with Gasteiger partial charge in [-0.15, -0.1) is 0 Å². The van der Waals surface area contributed by atoms with Crippen molar-refractivity contribution in [1.29, 1.82) is 0 Å². The molecule has 5 heteroatoms. The zero-order valence-electron chi connectivity index (χ0n) is 11.1. The smallest absolute Gasteiger partial charge is 0.224 e. The van der Waals surface area contributed by atoms with Crippen LogP contribution < -0.4 is 10.6 Å². The maximum absolute atomic E-state index is 6.06. The molecule has 4 nitrogen and oxygen atoms in total. The summed E-state index contributed by atoms with van der Waals surface area (Å²) >= 11 is 5.92. The molecule has 2 N–H and O–H groups in total. The minimum Gasteiger partial charge on any atom is -0.394 e. The second-order valence-corrected chi connectivity index (χ2v) is 4.65. The Morgan fingerprint density at radius 2 is 1.89 bits per heavy atom. The van der Waals surface area contributed by atoms with Gasteiger partial charge in [-0.1, -0.05) is 30.3 Å². The highest BCUT2D eigenvalue weighted by atomic mass is 35.5. The van der Waals surface area contributed by atoms with E-state index in [1.54, 1.807) is 0 Å². The average Bonchev–Trinajstić information content (AvgIpc) is 2.41. The quantitative estimate of drug-likeness (QED) is 0.872. The van der Waals surface area contributed by atoms with Gasteiger partial charge in [-0.2, -0.15) is 4.98 Å². The van der Waals surface area contributed by atoms with Crippen LogP contribution in [0.5, 0.6) is 0 Å². The Kier molecular flexibility index (Phi) is 4.22. The molecule has 19 heavy (non-hydrogen) atoms. The molecule has 1 heterocycles. The summed E-state index contributed by atoms with van der Waals surface area (Å²) in [6.07, 6.45) is 0. The molecule has 0 aliphatic heterocycles. The Hall–Kier alpha value is -1.81. The molecule has 0 radical (unpaired) electrons. The molecule has 0 amide bonds. The van der Waals surface area contributed by atoms with E-state index in [0.717, 1.165) is 13.1 Å². The normalized spacial score (nSPS) is 10.5. The lowest BCUT2D eigenvalue weighted by Crippen LogP contribution is -2.25. The summed E-state index contributed by atoms with van der Waals surface area (Å²) in [6.45, 7) is 5.44. The Balaban J connectivity index is 2.32. The van der Waals surface area contributed by atoms with E-state index in [9.17, 15) is 0 Å². The van der Waals surface area contributed by atoms with Gasteiger partial charge in [-0.05, 0) is 31.0 Å². The van der Waals surface area contributed by atoms with Crippen LogP contribution in [0.15, 0.2) is 30.3 Å². The van der Waals surface area contributed by atoms with Gasteiger partial charge in [-0.25, -0.2) is 4.98 Å². The van der Waals surface area contributed by atoms with Crippen LogP contribution in [-0.2, 0) is 6.54 Å². The lowest BCUT2D eigenvalue weighted by Gasteiger charge is -2.24. The maximum atomic E-state index is 6.06. The minimum atomic E-state index is 0.230. The molecule has 0 spiro atoms. The van der Waals surface area contributed by atoms with Crippen LogP contribution >= 0.6 is 11.6 Å². The molecule has 1 aromatic heterocycles. The first-order valence-electron chi connectivity index (χ1n) is 6.20. The highest BCUT2D eigenvalue weighted by Crippen LogP contribution is 2.25. The summed E-state index contributed by atoms with van der Waals surface area (Å²) in [5, 5.41) is 0.230. The minimum absolute atomic E-state index is 0.230. The predicted octanol–water partition coefficient (Wildman–Crippen LogP) is 3.05. The molecule has 0 fully saturated rings. The molecule has 2 rings (SSSR count). The maximum Gasteiger partial charge on any atom is 0.224 e. The molecule has 1 aromatic carbocycles. The molecule has 0 unspecified atom stereocenters. The molecule has 0 aliphatic rings. The van der Waals surface area contributed by atoms with Crippen LogP contribution in [0.25, 0.3) is 0 Å². The summed E-state index contributed by atoms with van der Waals surface area (Å²) in [7, 11) is 0. The molecular weight excluding hydrogens is 260 g/mol. The Morgan fingerprint density at radius 1 is 1.21 bits per heavy atom. The zero-order chi connectivity index (χ0) is 13.8. The summed E-state index contributed by atoms with van der Waals surface area (Å²) in [5.74, 6) is 0.698. The number of anilines is 2. The highest BCUT2D eigenvalue weighted by molar-refractivity contribution is 6.28. The fourth-order valence-corrected chi connectivity index (χ4v) is 2.12. The molecule has 0 saturated carbocycles. The number of nitrogens with two attached hydrogens (primary N) is 1. The predicted molar refractivity (Wildman–Crippen MR) is 79.4 cm³/mol. The number of nitrogens with zero attached hydrogens (tertiary/aromatic N) is 3. The summed E-state index contributed by atoms with van der Waals surface area (Å²) in [5.41, 5.74) is 8.56. The van der Waals surface area contributed by atoms with E-state index in [1.807, 2.05) is 25.1 Å². The summed E-state index contributed by atoms with van der Waals surface area (Å²) in [4.78, 5) is 10.4. The van der Waals surface area contributed by atoms with Gasteiger partial charge in [-0.3, -0.25) is 0 Å². The van der Waals surface area contributed by atoms with Crippen LogP contribution in [0.4, 0.5) is 11.5 Å². The van der Waals surface area contributed by atoms with Crippen molar-refractivity contribution in [2.45, 2.75) is 20.4 Å². The topological polar surface area (TPSA) is 55.0 Å². The number of halogens is 1. The summed E-state index contributed by atoms with van der Waals surface area (Å²) in [6, 6.07) is 10.2. The van der Waals surface area contributed by atoms with Gasteiger partial charge < -0.3 is 10.6 Å². The standard InChI is InChI=1S/C14H17ClN4/c1-3-19(9-11-7-5-4-6-8-11)13-12(16)10(2)17-14(15)18-13/h4-8H,3,9,16H2,1-2H3. The Labute approximate surface area is 118 Å². The van der Waals surface area contributed by atoms with Crippen molar-refractivity contribution in [3.05, 3.63) is 46.9 Å². The van der Waals surface area contributed by atoms with Crippen LogP contribution in [-0.4, -0.2) is 16.5 Å². The highest BCUT2D eigenvalue weighted by Gasteiger charge is 2.14. The second kappa shape index (κ2) is 5.89. The lowest BCUT2D eigenvalue weighted by molar-refractivity contribution is 0.810. The van der Waals surface area contributed by atoms with E-state index in [1.165, 1.54) is 5.56 Å². The van der Waals surface area contributed by atoms with Crippen molar-refractivity contribution < 1.29 is 0 Å². The fourth-order valence-electron chi connectivity index (χ4n) is 1.91. The van der Waals surface area contributed by atoms with Gasteiger partial charge in [0.25, 0.3) is 0 Å². The van der Waals surface area contributed by atoms with E-state index >= 15 is 0 Å². The molecule has 2 aromatic rings. The second-order valence-electron chi connectivity index (χ2n) is 4.32. The van der Waals surface area contributed by atoms with E-state index in [4.69, 9.17) is 17.3 Å².